The van der Waals surface area contributed by atoms with Crippen molar-refractivity contribution in [3.63, 3.8) is 0 Å². The predicted molar refractivity (Wildman–Crippen MR) is 75.1 cm³/mol. The molecule has 95 valence electrons. The van der Waals surface area contributed by atoms with Crippen molar-refractivity contribution in [3.8, 4) is 0 Å². The molecule has 1 nitrogen and oxygen atoms in total. The van der Waals surface area contributed by atoms with E-state index in [9.17, 15) is 0 Å². The van der Waals surface area contributed by atoms with E-state index in [1.807, 2.05) is 0 Å². The van der Waals surface area contributed by atoms with E-state index >= 15 is 0 Å². The van der Waals surface area contributed by atoms with Crippen LogP contribution in [-0.4, -0.2) is 14.4 Å². The van der Waals surface area contributed by atoms with E-state index in [2.05, 4.69) is 40.8 Å². The van der Waals surface area contributed by atoms with Crippen molar-refractivity contribution < 1.29 is 4.43 Å². The van der Waals surface area contributed by atoms with Crippen molar-refractivity contribution >= 4 is 8.32 Å². The SMILES string of the molecule is [CH]=CC(CCCCC)O[Si](C)(C)C(C)(C)C. The smallest absolute Gasteiger partial charge is 0.192 e. The van der Waals surface area contributed by atoms with Crippen molar-refractivity contribution in [1.82, 2.24) is 0 Å². The van der Waals surface area contributed by atoms with Gasteiger partial charge in [0.05, 0.1) is 6.10 Å². The Morgan fingerprint density at radius 1 is 1.25 bits per heavy atom. The number of unbranched alkanes of at least 4 members (excludes halogenated alkanes) is 2. The van der Waals surface area contributed by atoms with Crippen LogP contribution < -0.4 is 0 Å². The topological polar surface area (TPSA) is 9.23 Å². The molecular formula is C14H29OSi. The van der Waals surface area contributed by atoms with Gasteiger partial charge in [-0.2, -0.15) is 0 Å². The predicted octanol–water partition coefficient (Wildman–Crippen LogP) is 4.95. The van der Waals surface area contributed by atoms with Crippen LogP contribution in [0.2, 0.25) is 18.1 Å². The Hall–Kier alpha value is -0.0831. The minimum absolute atomic E-state index is 0.146. The Morgan fingerprint density at radius 3 is 2.19 bits per heavy atom. The maximum atomic E-state index is 6.26. The van der Waals surface area contributed by atoms with E-state index in [0.717, 1.165) is 6.42 Å². The molecule has 1 radical (unpaired) electrons. The summed E-state index contributed by atoms with van der Waals surface area (Å²) in [4.78, 5) is 0. The second kappa shape index (κ2) is 6.60. The average molecular weight is 241 g/mol. The van der Waals surface area contributed by atoms with E-state index in [0.29, 0.717) is 0 Å². The highest BCUT2D eigenvalue weighted by Gasteiger charge is 2.38. The molecule has 0 aliphatic carbocycles. The molecule has 0 bridgehead atoms. The number of hydrogen-bond donors (Lipinski definition) is 0. The molecule has 0 aromatic carbocycles. The lowest BCUT2D eigenvalue weighted by molar-refractivity contribution is 0.211. The summed E-state index contributed by atoms with van der Waals surface area (Å²) in [7, 11) is -1.66. The highest BCUT2D eigenvalue weighted by molar-refractivity contribution is 6.74. The molecule has 2 heteroatoms. The van der Waals surface area contributed by atoms with Gasteiger partial charge in [-0.25, -0.2) is 0 Å². The third-order valence-electron chi connectivity index (χ3n) is 3.56. The highest BCUT2D eigenvalue weighted by atomic mass is 28.4. The first-order valence-electron chi connectivity index (χ1n) is 6.47. The van der Waals surface area contributed by atoms with E-state index < -0.39 is 8.32 Å². The molecule has 0 saturated carbocycles. The van der Waals surface area contributed by atoms with Gasteiger partial charge in [0.15, 0.2) is 8.32 Å². The average Bonchev–Trinajstić information content (AvgIpc) is 2.14. The molecule has 0 spiro atoms. The van der Waals surface area contributed by atoms with Crippen molar-refractivity contribution in [2.75, 3.05) is 0 Å². The largest absolute Gasteiger partial charge is 0.411 e. The zero-order valence-corrected chi connectivity index (χ0v) is 13.0. The second-order valence-electron chi connectivity index (χ2n) is 6.10. The van der Waals surface area contributed by atoms with Gasteiger partial charge in [-0.15, -0.1) is 0 Å². The molecule has 0 rings (SSSR count). The Kier molecular flexibility index (Phi) is 6.57. The van der Waals surface area contributed by atoms with E-state index in [4.69, 9.17) is 11.0 Å². The standard InChI is InChI=1S/C14H29OSi/c1-8-10-11-12-13(9-2)15-16(6,7)14(3,4)5/h2,9,13H,8,10-12H2,1,3-7H3. The molecule has 0 heterocycles. The van der Waals surface area contributed by atoms with Gasteiger partial charge in [-0.05, 0) is 24.6 Å². The fraction of sp³-hybridized carbons (Fsp3) is 0.857. The molecule has 0 N–H and O–H groups in total. The van der Waals surface area contributed by atoms with Gasteiger partial charge < -0.3 is 4.43 Å². The van der Waals surface area contributed by atoms with Crippen molar-refractivity contribution in [2.24, 2.45) is 0 Å². The summed E-state index contributed by atoms with van der Waals surface area (Å²) in [5.74, 6) is 0. The fourth-order valence-corrected chi connectivity index (χ4v) is 2.65. The van der Waals surface area contributed by atoms with Crippen LogP contribution in [0.3, 0.4) is 0 Å². The van der Waals surface area contributed by atoms with Crippen LogP contribution in [0.4, 0.5) is 0 Å². The normalized spacial score (nSPS) is 14.9. The molecule has 0 aliphatic rings. The van der Waals surface area contributed by atoms with Crippen LogP contribution in [0.1, 0.15) is 53.4 Å². The number of hydrogen-bond acceptors (Lipinski definition) is 1. The van der Waals surface area contributed by atoms with Gasteiger partial charge in [-0.1, -0.05) is 59.6 Å². The van der Waals surface area contributed by atoms with Crippen LogP contribution >= 0.6 is 0 Å². The van der Waals surface area contributed by atoms with Gasteiger partial charge in [0.25, 0.3) is 0 Å². The highest BCUT2D eigenvalue weighted by Crippen LogP contribution is 2.37. The summed E-state index contributed by atoms with van der Waals surface area (Å²) in [6.45, 7) is 19.2. The molecular weight excluding hydrogens is 212 g/mol. The van der Waals surface area contributed by atoms with Crippen LogP contribution in [0, 0.1) is 6.58 Å². The van der Waals surface area contributed by atoms with Crippen molar-refractivity contribution in [1.29, 1.82) is 0 Å². The van der Waals surface area contributed by atoms with Crippen LogP contribution in [0.15, 0.2) is 6.08 Å². The Morgan fingerprint density at radius 2 is 1.81 bits per heavy atom. The molecule has 0 fully saturated rings. The second-order valence-corrected chi connectivity index (χ2v) is 10.9. The maximum absolute atomic E-state index is 6.26. The molecule has 0 saturated heterocycles. The van der Waals surface area contributed by atoms with Crippen molar-refractivity contribution in [3.05, 3.63) is 12.7 Å². The summed E-state index contributed by atoms with van der Waals surface area (Å²) in [6, 6.07) is 0. The van der Waals surface area contributed by atoms with Gasteiger partial charge in [0, 0.05) is 0 Å². The van der Waals surface area contributed by atoms with Crippen LogP contribution in [0.25, 0.3) is 0 Å². The van der Waals surface area contributed by atoms with Crippen molar-refractivity contribution in [2.45, 2.75) is 77.6 Å². The van der Waals surface area contributed by atoms with Gasteiger partial charge in [0.1, 0.15) is 0 Å². The number of rotatable bonds is 7. The zero-order chi connectivity index (χ0) is 12.8. The summed E-state index contributed by atoms with van der Waals surface area (Å²) < 4.78 is 6.26. The maximum Gasteiger partial charge on any atom is 0.192 e. The Bertz CT molecular complexity index is 203. The lowest BCUT2D eigenvalue weighted by Gasteiger charge is -2.38. The lowest BCUT2D eigenvalue weighted by Crippen LogP contribution is -2.43. The first-order chi connectivity index (χ1) is 7.24. The van der Waals surface area contributed by atoms with E-state index in [1.54, 1.807) is 6.08 Å². The van der Waals surface area contributed by atoms with E-state index in [-0.39, 0.29) is 11.1 Å². The summed E-state index contributed by atoms with van der Waals surface area (Å²) in [5, 5.41) is 0.263. The molecule has 0 aromatic rings. The molecule has 1 atom stereocenters. The summed E-state index contributed by atoms with van der Waals surface area (Å²) >= 11 is 0. The third-order valence-corrected chi connectivity index (χ3v) is 8.06. The lowest BCUT2D eigenvalue weighted by atomic mass is 10.1. The summed E-state index contributed by atoms with van der Waals surface area (Å²) in [5.41, 5.74) is 0. The molecule has 0 aliphatic heterocycles. The minimum Gasteiger partial charge on any atom is -0.411 e. The quantitative estimate of drug-likeness (QED) is 0.453. The van der Waals surface area contributed by atoms with Gasteiger partial charge >= 0.3 is 0 Å². The minimum atomic E-state index is -1.66. The molecule has 0 amide bonds. The Balaban J connectivity index is 4.26. The first kappa shape index (κ1) is 15.9. The van der Waals surface area contributed by atoms with Gasteiger partial charge in [-0.3, -0.25) is 0 Å². The zero-order valence-electron chi connectivity index (χ0n) is 12.0. The first-order valence-corrected chi connectivity index (χ1v) is 9.38. The van der Waals surface area contributed by atoms with Crippen LogP contribution in [0.5, 0.6) is 0 Å². The third kappa shape index (κ3) is 5.31. The van der Waals surface area contributed by atoms with Gasteiger partial charge in [0.2, 0.25) is 0 Å². The molecule has 1 unspecified atom stereocenters. The summed E-state index contributed by atoms with van der Waals surface area (Å²) in [6.07, 6.45) is 6.67. The van der Waals surface area contributed by atoms with E-state index in [1.165, 1.54) is 19.3 Å². The Labute approximate surface area is 103 Å². The fourth-order valence-electron chi connectivity index (χ4n) is 1.35. The van der Waals surface area contributed by atoms with Crippen LogP contribution in [-0.2, 0) is 4.43 Å². The monoisotopic (exact) mass is 241 g/mol. The molecule has 0 aromatic heterocycles. The molecule has 16 heavy (non-hydrogen) atoms.